The van der Waals surface area contributed by atoms with Crippen molar-refractivity contribution >= 4 is 22.6 Å². The highest BCUT2D eigenvalue weighted by molar-refractivity contribution is 14.1. The molecule has 1 unspecified atom stereocenters. The third kappa shape index (κ3) is 2.22. The van der Waals surface area contributed by atoms with E-state index in [-0.39, 0.29) is 0 Å². The van der Waals surface area contributed by atoms with Gasteiger partial charge < -0.3 is 0 Å². The number of benzene rings is 1. The Balaban J connectivity index is 2.16. The topological polar surface area (TPSA) is 0 Å². The van der Waals surface area contributed by atoms with Gasteiger partial charge in [-0.2, -0.15) is 0 Å². The van der Waals surface area contributed by atoms with Gasteiger partial charge in [-0.1, -0.05) is 41.6 Å². The third-order valence-corrected chi connectivity index (χ3v) is 4.26. The van der Waals surface area contributed by atoms with Crippen molar-refractivity contribution in [1.82, 2.24) is 0 Å². The summed E-state index contributed by atoms with van der Waals surface area (Å²) in [6.45, 7) is 4.53. The summed E-state index contributed by atoms with van der Waals surface area (Å²) >= 11 is 2.48. The Hall–Kier alpha value is -0.0500. The van der Waals surface area contributed by atoms with E-state index in [9.17, 15) is 0 Å². The lowest BCUT2D eigenvalue weighted by Crippen LogP contribution is -2.19. The van der Waals surface area contributed by atoms with Crippen LogP contribution in [0.15, 0.2) is 12.1 Å². The Kier molecular flexibility index (Phi) is 3.70. The molecule has 0 radical (unpaired) electrons. The van der Waals surface area contributed by atoms with Gasteiger partial charge in [0.15, 0.2) is 0 Å². The molecular formula is C14H19I. The van der Waals surface area contributed by atoms with Crippen LogP contribution in [0.4, 0.5) is 0 Å². The van der Waals surface area contributed by atoms with Crippen molar-refractivity contribution in [1.29, 1.82) is 0 Å². The van der Waals surface area contributed by atoms with Gasteiger partial charge in [0, 0.05) is 0 Å². The fourth-order valence-corrected chi connectivity index (χ4v) is 3.16. The molecule has 0 saturated carbocycles. The minimum atomic E-state index is 0.876. The molecule has 0 aliphatic heterocycles. The van der Waals surface area contributed by atoms with Crippen LogP contribution < -0.4 is 0 Å². The fraction of sp³-hybridized carbons (Fsp3) is 0.571. The first kappa shape index (κ1) is 11.4. The Morgan fingerprint density at radius 3 is 2.80 bits per heavy atom. The molecule has 1 aliphatic carbocycles. The van der Waals surface area contributed by atoms with E-state index >= 15 is 0 Å². The van der Waals surface area contributed by atoms with Crippen molar-refractivity contribution in [2.45, 2.75) is 45.4 Å². The second-order valence-electron chi connectivity index (χ2n) is 4.57. The summed E-state index contributed by atoms with van der Waals surface area (Å²) in [5, 5.41) is 0. The summed E-state index contributed by atoms with van der Waals surface area (Å²) in [5.41, 5.74) is 6.36. The van der Waals surface area contributed by atoms with E-state index in [1.165, 1.54) is 41.2 Å². The van der Waals surface area contributed by atoms with Crippen molar-refractivity contribution in [3.05, 3.63) is 34.4 Å². The standard InChI is InChI=1S/C14H19I/c1-3-11-7-10(2)14-12(5-4-6-15)9-13(14)8-11/h7-8,12H,3-6,9H2,1-2H3. The molecular weight excluding hydrogens is 295 g/mol. The Morgan fingerprint density at radius 2 is 2.20 bits per heavy atom. The second kappa shape index (κ2) is 4.86. The first-order valence-corrected chi connectivity index (χ1v) is 7.47. The molecule has 1 aliphatic rings. The Morgan fingerprint density at radius 1 is 1.40 bits per heavy atom. The van der Waals surface area contributed by atoms with Crippen LogP contribution in [0.1, 0.15) is 47.9 Å². The van der Waals surface area contributed by atoms with Gasteiger partial charge in [0.25, 0.3) is 0 Å². The van der Waals surface area contributed by atoms with Crippen molar-refractivity contribution < 1.29 is 0 Å². The van der Waals surface area contributed by atoms with E-state index in [0.29, 0.717) is 0 Å². The number of hydrogen-bond acceptors (Lipinski definition) is 0. The van der Waals surface area contributed by atoms with Crippen molar-refractivity contribution in [2.75, 3.05) is 4.43 Å². The highest BCUT2D eigenvalue weighted by Gasteiger charge is 2.27. The molecule has 1 aromatic rings. The summed E-state index contributed by atoms with van der Waals surface area (Å²) in [4.78, 5) is 0. The molecule has 1 aromatic carbocycles. The maximum absolute atomic E-state index is 2.48. The zero-order chi connectivity index (χ0) is 10.8. The highest BCUT2D eigenvalue weighted by Crippen LogP contribution is 2.41. The molecule has 0 nitrogen and oxygen atoms in total. The quantitative estimate of drug-likeness (QED) is 0.570. The minimum Gasteiger partial charge on any atom is -0.0864 e. The van der Waals surface area contributed by atoms with Gasteiger partial charge in [-0.3, -0.25) is 0 Å². The molecule has 15 heavy (non-hydrogen) atoms. The average molecular weight is 314 g/mol. The summed E-state index contributed by atoms with van der Waals surface area (Å²) in [6, 6.07) is 4.80. The van der Waals surface area contributed by atoms with Gasteiger partial charge in [0.1, 0.15) is 0 Å². The summed E-state index contributed by atoms with van der Waals surface area (Å²) in [5.74, 6) is 0.876. The molecule has 0 amide bonds. The lowest BCUT2D eigenvalue weighted by atomic mass is 9.72. The van der Waals surface area contributed by atoms with Gasteiger partial charge in [0.05, 0.1) is 0 Å². The van der Waals surface area contributed by atoms with Crippen LogP contribution in [0.3, 0.4) is 0 Å². The molecule has 0 N–H and O–H groups in total. The molecule has 1 atom stereocenters. The molecule has 0 bridgehead atoms. The zero-order valence-corrected chi connectivity index (χ0v) is 11.8. The molecule has 2 rings (SSSR count). The second-order valence-corrected chi connectivity index (χ2v) is 5.65. The number of aryl methyl sites for hydroxylation is 2. The number of alkyl halides is 1. The van der Waals surface area contributed by atoms with Crippen molar-refractivity contribution in [2.24, 2.45) is 0 Å². The number of hydrogen-bond donors (Lipinski definition) is 0. The minimum absolute atomic E-state index is 0.876. The van der Waals surface area contributed by atoms with Gasteiger partial charge in [0.2, 0.25) is 0 Å². The van der Waals surface area contributed by atoms with Crippen LogP contribution in [0.25, 0.3) is 0 Å². The van der Waals surface area contributed by atoms with Crippen LogP contribution in [0.2, 0.25) is 0 Å². The summed E-state index contributed by atoms with van der Waals surface area (Å²) in [7, 11) is 0. The van der Waals surface area contributed by atoms with E-state index in [1.54, 1.807) is 11.1 Å². The van der Waals surface area contributed by atoms with Gasteiger partial charge >= 0.3 is 0 Å². The van der Waals surface area contributed by atoms with Crippen molar-refractivity contribution in [3.8, 4) is 0 Å². The van der Waals surface area contributed by atoms with Gasteiger partial charge in [-0.25, -0.2) is 0 Å². The Labute approximate surface area is 107 Å². The number of rotatable bonds is 4. The van der Waals surface area contributed by atoms with Crippen molar-refractivity contribution in [3.63, 3.8) is 0 Å². The monoisotopic (exact) mass is 314 g/mol. The Bertz CT molecular complexity index is 337. The molecule has 0 spiro atoms. The normalized spacial score (nSPS) is 18.5. The third-order valence-electron chi connectivity index (χ3n) is 3.50. The maximum atomic E-state index is 2.48. The van der Waals surface area contributed by atoms with Crippen LogP contribution >= 0.6 is 22.6 Å². The molecule has 82 valence electrons. The largest absolute Gasteiger partial charge is 0.0864 e. The fourth-order valence-electron chi connectivity index (χ4n) is 2.72. The average Bonchev–Trinajstić information content (AvgIpc) is 2.19. The smallest absolute Gasteiger partial charge is 0.000451 e. The SMILES string of the molecule is CCc1cc(C)c2c(c1)CC2CCCI. The van der Waals surface area contributed by atoms with Crippen LogP contribution in [0, 0.1) is 6.92 Å². The van der Waals surface area contributed by atoms with Gasteiger partial charge in [-0.05, 0) is 65.2 Å². The number of fused-ring (bicyclic) bond motifs is 1. The predicted molar refractivity (Wildman–Crippen MR) is 75.1 cm³/mol. The van der Waals surface area contributed by atoms with E-state index < -0.39 is 0 Å². The lowest BCUT2D eigenvalue weighted by molar-refractivity contribution is 0.551. The van der Waals surface area contributed by atoms with Gasteiger partial charge in [-0.15, -0.1) is 0 Å². The predicted octanol–water partition coefficient (Wildman–Crippen LogP) is 4.41. The number of halogens is 1. The molecule has 0 heterocycles. The highest BCUT2D eigenvalue weighted by atomic mass is 127. The van der Waals surface area contributed by atoms with E-state index in [1.807, 2.05) is 0 Å². The molecule has 0 fully saturated rings. The molecule has 0 aromatic heterocycles. The van der Waals surface area contributed by atoms with Crippen LogP contribution in [0.5, 0.6) is 0 Å². The molecule has 1 heteroatoms. The lowest BCUT2D eigenvalue weighted by Gasteiger charge is -2.33. The summed E-state index contributed by atoms with van der Waals surface area (Å²) in [6.07, 6.45) is 5.27. The zero-order valence-electron chi connectivity index (χ0n) is 9.65. The summed E-state index contributed by atoms with van der Waals surface area (Å²) < 4.78 is 1.30. The van der Waals surface area contributed by atoms with Crippen LogP contribution in [-0.4, -0.2) is 4.43 Å². The van der Waals surface area contributed by atoms with E-state index in [0.717, 1.165) is 5.92 Å². The first-order valence-electron chi connectivity index (χ1n) is 5.94. The first-order chi connectivity index (χ1) is 7.26. The van der Waals surface area contributed by atoms with E-state index in [2.05, 4.69) is 48.6 Å². The molecule has 0 saturated heterocycles. The van der Waals surface area contributed by atoms with E-state index in [4.69, 9.17) is 0 Å². The maximum Gasteiger partial charge on any atom is -0.000451 e. The van der Waals surface area contributed by atoms with Crippen LogP contribution in [-0.2, 0) is 12.8 Å².